The van der Waals surface area contributed by atoms with Gasteiger partial charge in [0.1, 0.15) is 11.4 Å². The number of benzene rings is 1. The van der Waals surface area contributed by atoms with Gasteiger partial charge in [0.05, 0.1) is 11.3 Å². The summed E-state index contributed by atoms with van der Waals surface area (Å²) in [6.07, 6.45) is 1.36. The van der Waals surface area contributed by atoms with Crippen molar-refractivity contribution in [1.82, 2.24) is 0 Å². The van der Waals surface area contributed by atoms with E-state index in [1.807, 2.05) is 6.92 Å². The third-order valence-corrected chi connectivity index (χ3v) is 2.58. The molecule has 1 aromatic heterocycles. The summed E-state index contributed by atoms with van der Waals surface area (Å²) in [6, 6.07) is 8.28. The number of phenols is 1. The van der Waals surface area contributed by atoms with Crippen LogP contribution in [0.25, 0.3) is 0 Å². The molecule has 0 spiro atoms. The molecule has 2 rings (SSSR count). The molecule has 1 N–H and O–H groups in total. The lowest BCUT2D eigenvalue weighted by Crippen LogP contribution is -2.24. The highest BCUT2D eigenvalue weighted by atomic mass is 16.5. The first-order valence-corrected chi connectivity index (χ1v) is 5.48. The number of phenolic OH excluding ortho intramolecular Hbond substituents is 1. The molecule has 0 saturated heterocycles. The van der Waals surface area contributed by atoms with Gasteiger partial charge in [-0.1, -0.05) is 6.07 Å². The number of hydrogen-bond acceptors (Lipinski definition) is 4. The largest absolute Gasteiger partial charge is 0.710 e. The third kappa shape index (κ3) is 2.45. The van der Waals surface area contributed by atoms with Crippen molar-refractivity contribution < 1.29 is 9.84 Å². The van der Waals surface area contributed by atoms with E-state index in [2.05, 4.69) is 10.2 Å². The molecule has 18 heavy (non-hydrogen) atoms. The Bertz CT molecular complexity index is 609. The van der Waals surface area contributed by atoms with Gasteiger partial charge in [-0.25, -0.2) is 4.73 Å². The predicted octanol–water partition coefficient (Wildman–Crippen LogP) is 3.06. The topological polar surface area (TPSA) is 71.9 Å². The van der Waals surface area contributed by atoms with Gasteiger partial charge in [-0.3, -0.25) is 0 Å². The van der Waals surface area contributed by atoms with Crippen LogP contribution in [0.15, 0.2) is 46.8 Å². The van der Waals surface area contributed by atoms with Gasteiger partial charge in [0.15, 0.2) is 0 Å². The van der Waals surface area contributed by atoms with Gasteiger partial charge in [-0.2, -0.15) is 0 Å². The Morgan fingerprint density at radius 1 is 1.11 bits per heavy atom. The van der Waals surface area contributed by atoms with Gasteiger partial charge >= 0.3 is 5.82 Å². The first-order valence-electron chi connectivity index (χ1n) is 5.48. The molecule has 0 atom stereocenters. The molecule has 0 radical (unpaired) electrons. The standard InChI is InChI=1S/C13H13N3O2/c1-9-8-12(17)10(2)7-11(9)14-15-13-5-3-4-6-16(13)18/h3-8,17H,1-2H3. The minimum absolute atomic E-state index is 0.225. The van der Waals surface area contributed by atoms with E-state index in [1.54, 1.807) is 37.3 Å². The minimum Gasteiger partial charge on any atom is -0.710 e. The van der Waals surface area contributed by atoms with Crippen LogP contribution in [0.4, 0.5) is 11.5 Å². The summed E-state index contributed by atoms with van der Waals surface area (Å²) in [6.45, 7) is 3.61. The van der Waals surface area contributed by atoms with Crippen molar-refractivity contribution in [2.45, 2.75) is 13.8 Å². The van der Waals surface area contributed by atoms with Crippen LogP contribution in [-0.4, -0.2) is 5.11 Å². The number of nitrogens with zero attached hydrogens (tertiary/aromatic N) is 3. The van der Waals surface area contributed by atoms with Gasteiger partial charge < -0.3 is 10.3 Å². The number of azo groups is 1. The fourth-order valence-corrected chi connectivity index (χ4v) is 1.50. The maximum absolute atomic E-state index is 11.4. The second-order valence-electron chi connectivity index (χ2n) is 4.01. The average Bonchev–Trinajstić information content (AvgIpc) is 2.34. The van der Waals surface area contributed by atoms with Crippen molar-refractivity contribution in [2.24, 2.45) is 10.2 Å². The quantitative estimate of drug-likeness (QED) is 0.500. The van der Waals surface area contributed by atoms with Crippen LogP contribution in [0.2, 0.25) is 0 Å². The Kier molecular flexibility index (Phi) is 3.23. The normalized spacial score (nSPS) is 11.0. The number of hydrogen-bond donors (Lipinski definition) is 1. The Balaban J connectivity index is 2.35. The summed E-state index contributed by atoms with van der Waals surface area (Å²) in [5.74, 6) is 0.452. The van der Waals surface area contributed by atoms with Crippen molar-refractivity contribution >= 4 is 11.5 Å². The highest BCUT2D eigenvalue weighted by Gasteiger charge is 2.06. The first kappa shape index (κ1) is 12.0. The monoisotopic (exact) mass is 243 g/mol. The van der Waals surface area contributed by atoms with E-state index in [1.165, 1.54) is 6.20 Å². The zero-order chi connectivity index (χ0) is 13.1. The second-order valence-corrected chi connectivity index (χ2v) is 4.01. The van der Waals surface area contributed by atoms with Gasteiger partial charge in [-0.15, -0.1) is 0 Å². The van der Waals surface area contributed by atoms with Gasteiger partial charge in [-0.05, 0) is 48.3 Å². The molecular weight excluding hydrogens is 230 g/mol. The number of rotatable bonds is 2. The molecule has 1 heterocycles. The van der Waals surface area contributed by atoms with Gasteiger partial charge in [0, 0.05) is 6.07 Å². The third-order valence-electron chi connectivity index (χ3n) is 2.58. The molecule has 0 unspecified atom stereocenters. The maximum Gasteiger partial charge on any atom is 0.353 e. The SMILES string of the molecule is Cc1cc(N=Nc2cccc[n+]2[O-])c(C)cc1O. The van der Waals surface area contributed by atoms with E-state index in [0.717, 1.165) is 11.1 Å². The van der Waals surface area contributed by atoms with Crippen molar-refractivity contribution in [2.75, 3.05) is 0 Å². The zero-order valence-corrected chi connectivity index (χ0v) is 10.2. The van der Waals surface area contributed by atoms with E-state index in [0.29, 0.717) is 10.4 Å². The number of aromatic hydroxyl groups is 1. The van der Waals surface area contributed by atoms with Crippen molar-refractivity contribution in [1.29, 1.82) is 0 Å². The van der Waals surface area contributed by atoms with E-state index in [9.17, 15) is 10.3 Å². The molecule has 0 bridgehead atoms. The van der Waals surface area contributed by atoms with Crippen LogP contribution in [0.3, 0.4) is 0 Å². The highest BCUT2D eigenvalue weighted by molar-refractivity contribution is 5.52. The lowest BCUT2D eigenvalue weighted by atomic mass is 10.1. The van der Waals surface area contributed by atoms with Crippen LogP contribution in [0.5, 0.6) is 5.75 Å². The molecule has 5 nitrogen and oxygen atoms in total. The average molecular weight is 243 g/mol. The summed E-state index contributed by atoms with van der Waals surface area (Å²) in [7, 11) is 0. The molecule has 5 heteroatoms. The number of pyridine rings is 1. The Morgan fingerprint density at radius 3 is 2.61 bits per heavy atom. The van der Waals surface area contributed by atoms with E-state index < -0.39 is 0 Å². The zero-order valence-electron chi connectivity index (χ0n) is 10.2. The molecule has 1 aromatic carbocycles. The predicted molar refractivity (Wildman–Crippen MR) is 67.2 cm³/mol. The molecule has 0 aliphatic rings. The summed E-state index contributed by atoms with van der Waals surface area (Å²) in [5.41, 5.74) is 2.15. The Labute approximate surface area is 105 Å². The van der Waals surface area contributed by atoms with Crippen molar-refractivity contribution in [3.05, 3.63) is 52.9 Å². The summed E-state index contributed by atoms with van der Waals surface area (Å²) in [5, 5.41) is 28.8. The summed E-state index contributed by atoms with van der Waals surface area (Å²) < 4.78 is 0.645. The van der Waals surface area contributed by atoms with E-state index in [4.69, 9.17) is 0 Å². The summed E-state index contributed by atoms with van der Waals surface area (Å²) >= 11 is 0. The highest BCUT2D eigenvalue weighted by Crippen LogP contribution is 2.27. The molecular formula is C13H13N3O2. The second kappa shape index (κ2) is 4.83. The fraction of sp³-hybridized carbons (Fsp3) is 0.154. The van der Waals surface area contributed by atoms with Gasteiger partial charge in [0.2, 0.25) is 0 Å². The Morgan fingerprint density at radius 2 is 1.89 bits per heavy atom. The number of aromatic nitrogens is 1. The van der Waals surface area contributed by atoms with Crippen LogP contribution in [0.1, 0.15) is 11.1 Å². The van der Waals surface area contributed by atoms with E-state index in [-0.39, 0.29) is 11.6 Å². The maximum atomic E-state index is 11.4. The molecule has 0 fully saturated rings. The van der Waals surface area contributed by atoms with Crippen LogP contribution in [0, 0.1) is 19.1 Å². The van der Waals surface area contributed by atoms with Crippen molar-refractivity contribution in [3.8, 4) is 5.75 Å². The smallest absolute Gasteiger partial charge is 0.353 e. The molecule has 0 amide bonds. The van der Waals surface area contributed by atoms with Crippen LogP contribution < -0.4 is 4.73 Å². The lowest BCUT2D eigenvalue weighted by molar-refractivity contribution is -0.591. The van der Waals surface area contributed by atoms with E-state index >= 15 is 0 Å². The molecule has 2 aromatic rings. The Hall–Kier alpha value is -2.43. The molecule has 0 aliphatic heterocycles. The van der Waals surface area contributed by atoms with Crippen LogP contribution >= 0.6 is 0 Å². The first-order chi connectivity index (χ1) is 8.58. The van der Waals surface area contributed by atoms with Crippen LogP contribution in [-0.2, 0) is 0 Å². The summed E-state index contributed by atoms with van der Waals surface area (Å²) in [4.78, 5) is 0. The van der Waals surface area contributed by atoms with Gasteiger partial charge in [0.25, 0.3) is 0 Å². The molecule has 0 aliphatic carbocycles. The number of aryl methyl sites for hydroxylation is 2. The lowest BCUT2D eigenvalue weighted by Gasteiger charge is -2.02. The molecule has 92 valence electrons. The molecule has 0 saturated carbocycles. The minimum atomic E-state index is 0.225. The fourth-order valence-electron chi connectivity index (χ4n) is 1.50. The van der Waals surface area contributed by atoms with Crippen molar-refractivity contribution in [3.63, 3.8) is 0 Å².